The number of amides is 1. The molecule has 1 aliphatic heterocycles. The standard InChI is InChI=1S/C17H24N2O/c1-13-5-3-6-14(11-13)12-19(15-7-8-15)16(20)17(2)9-4-10-18-17/h3,5-6,11,15,18H,4,7-10,12H2,1-2H3. The van der Waals surface area contributed by atoms with Gasteiger partial charge in [0, 0.05) is 12.6 Å². The van der Waals surface area contributed by atoms with E-state index in [-0.39, 0.29) is 5.54 Å². The van der Waals surface area contributed by atoms with Crippen LogP contribution in [0, 0.1) is 6.92 Å². The Kier molecular flexibility index (Phi) is 3.55. The first-order valence-electron chi connectivity index (χ1n) is 7.70. The minimum Gasteiger partial charge on any atom is -0.334 e. The van der Waals surface area contributed by atoms with Crippen LogP contribution in [0.4, 0.5) is 0 Å². The molecule has 3 rings (SSSR count). The summed E-state index contributed by atoms with van der Waals surface area (Å²) in [5.41, 5.74) is 2.16. The maximum Gasteiger partial charge on any atom is 0.243 e. The summed E-state index contributed by atoms with van der Waals surface area (Å²) in [6, 6.07) is 8.96. The fourth-order valence-electron chi connectivity index (χ4n) is 3.15. The summed E-state index contributed by atoms with van der Waals surface area (Å²) in [5.74, 6) is 0.291. The highest BCUT2D eigenvalue weighted by Gasteiger charge is 2.43. The van der Waals surface area contributed by atoms with Crippen LogP contribution in [0.3, 0.4) is 0 Å². The van der Waals surface area contributed by atoms with Crippen LogP contribution in [0.25, 0.3) is 0 Å². The highest BCUT2D eigenvalue weighted by Crippen LogP contribution is 2.32. The van der Waals surface area contributed by atoms with Gasteiger partial charge in [0.05, 0.1) is 5.54 Å². The molecule has 2 aliphatic rings. The first kappa shape index (κ1) is 13.6. The summed E-state index contributed by atoms with van der Waals surface area (Å²) in [4.78, 5) is 15.0. The van der Waals surface area contributed by atoms with Crippen LogP contribution in [0.2, 0.25) is 0 Å². The van der Waals surface area contributed by atoms with E-state index in [4.69, 9.17) is 0 Å². The quantitative estimate of drug-likeness (QED) is 0.914. The van der Waals surface area contributed by atoms with Crippen molar-refractivity contribution < 1.29 is 4.79 Å². The molecule has 20 heavy (non-hydrogen) atoms. The zero-order chi connectivity index (χ0) is 14.2. The van der Waals surface area contributed by atoms with Crippen molar-refractivity contribution in [1.29, 1.82) is 0 Å². The first-order valence-corrected chi connectivity index (χ1v) is 7.70. The third kappa shape index (κ3) is 2.73. The van der Waals surface area contributed by atoms with Crippen molar-refractivity contribution in [3.8, 4) is 0 Å². The van der Waals surface area contributed by atoms with Gasteiger partial charge in [0.25, 0.3) is 0 Å². The smallest absolute Gasteiger partial charge is 0.243 e. The van der Waals surface area contributed by atoms with E-state index in [0.29, 0.717) is 11.9 Å². The number of aryl methyl sites for hydroxylation is 1. The Hall–Kier alpha value is -1.35. The number of hydrogen-bond acceptors (Lipinski definition) is 2. The van der Waals surface area contributed by atoms with Crippen LogP contribution in [-0.4, -0.2) is 28.9 Å². The van der Waals surface area contributed by atoms with Gasteiger partial charge in [0.15, 0.2) is 0 Å². The van der Waals surface area contributed by atoms with Crippen molar-refractivity contribution in [2.75, 3.05) is 6.54 Å². The molecule has 0 spiro atoms. The molecular weight excluding hydrogens is 248 g/mol. The Balaban J connectivity index is 1.77. The second-order valence-electron chi connectivity index (χ2n) is 6.52. The zero-order valence-electron chi connectivity index (χ0n) is 12.5. The molecule has 1 heterocycles. The molecule has 1 saturated carbocycles. The Morgan fingerprint density at radius 3 is 2.85 bits per heavy atom. The van der Waals surface area contributed by atoms with Gasteiger partial charge in [-0.3, -0.25) is 4.79 Å². The molecule has 2 fully saturated rings. The summed E-state index contributed by atoms with van der Waals surface area (Å²) in [6.45, 7) is 5.88. The molecule has 1 aliphatic carbocycles. The lowest BCUT2D eigenvalue weighted by Gasteiger charge is -2.32. The van der Waals surface area contributed by atoms with E-state index in [0.717, 1.165) is 38.8 Å². The van der Waals surface area contributed by atoms with Crippen LogP contribution in [0.1, 0.15) is 43.7 Å². The third-order valence-corrected chi connectivity index (χ3v) is 4.52. The second-order valence-corrected chi connectivity index (χ2v) is 6.52. The molecule has 1 saturated heterocycles. The molecule has 3 nitrogen and oxygen atoms in total. The van der Waals surface area contributed by atoms with E-state index in [9.17, 15) is 4.79 Å². The number of rotatable bonds is 4. The minimum absolute atomic E-state index is 0.291. The summed E-state index contributed by atoms with van der Waals surface area (Å²) in [7, 11) is 0. The summed E-state index contributed by atoms with van der Waals surface area (Å²) >= 11 is 0. The molecule has 1 N–H and O–H groups in total. The average Bonchev–Trinajstić information content (AvgIpc) is 3.17. The number of carbonyl (C=O) groups is 1. The predicted octanol–water partition coefficient (Wildman–Crippen LogP) is 2.63. The van der Waals surface area contributed by atoms with Gasteiger partial charge in [-0.2, -0.15) is 0 Å². The fourth-order valence-corrected chi connectivity index (χ4v) is 3.15. The van der Waals surface area contributed by atoms with Crippen molar-refractivity contribution in [3.05, 3.63) is 35.4 Å². The van der Waals surface area contributed by atoms with Crippen molar-refractivity contribution in [2.45, 2.75) is 57.7 Å². The first-order chi connectivity index (χ1) is 9.58. The molecule has 1 atom stereocenters. The largest absolute Gasteiger partial charge is 0.334 e. The van der Waals surface area contributed by atoms with Gasteiger partial charge >= 0.3 is 0 Å². The van der Waals surface area contributed by atoms with Gasteiger partial charge in [0.1, 0.15) is 0 Å². The monoisotopic (exact) mass is 272 g/mol. The average molecular weight is 272 g/mol. The minimum atomic E-state index is -0.341. The highest BCUT2D eigenvalue weighted by atomic mass is 16.2. The van der Waals surface area contributed by atoms with Crippen LogP contribution in [0.5, 0.6) is 0 Å². The van der Waals surface area contributed by atoms with Gasteiger partial charge in [-0.05, 0) is 51.6 Å². The molecule has 0 aromatic heterocycles. The number of hydrogen-bond donors (Lipinski definition) is 1. The Morgan fingerprint density at radius 2 is 2.25 bits per heavy atom. The van der Waals surface area contributed by atoms with Crippen LogP contribution in [0.15, 0.2) is 24.3 Å². The Labute approximate surface area is 121 Å². The maximum absolute atomic E-state index is 12.9. The summed E-state index contributed by atoms with van der Waals surface area (Å²) < 4.78 is 0. The molecule has 1 aromatic rings. The van der Waals surface area contributed by atoms with Gasteiger partial charge in [-0.25, -0.2) is 0 Å². The lowest BCUT2D eigenvalue weighted by molar-refractivity contribution is -0.138. The van der Waals surface area contributed by atoms with Crippen molar-refractivity contribution in [2.24, 2.45) is 0 Å². The van der Waals surface area contributed by atoms with Crippen LogP contribution < -0.4 is 5.32 Å². The third-order valence-electron chi connectivity index (χ3n) is 4.52. The second kappa shape index (κ2) is 5.21. The molecular formula is C17H24N2O. The van der Waals surface area contributed by atoms with E-state index >= 15 is 0 Å². The summed E-state index contributed by atoms with van der Waals surface area (Å²) in [6.07, 6.45) is 4.38. The highest BCUT2D eigenvalue weighted by molar-refractivity contribution is 5.86. The van der Waals surface area contributed by atoms with Gasteiger partial charge < -0.3 is 10.2 Å². The van der Waals surface area contributed by atoms with E-state index in [1.807, 2.05) is 0 Å². The van der Waals surface area contributed by atoms with Crippen molar-refractivity contribution >= 4 is 5.91 Å². The lowest BCUT2D eigenvalue weighted by Crippen LogP contribution is -2.53. The predicted molar refractivity (Wildman–Crippen MR) is 80.4 cm³/mol. The van der Waals surface area contributed by atoms with Gasteiger partial charge in [0.2, 0.25) is 5.91 Å². The molecule has 1 amide bonds. The molecule has 3 heteroatoms. The van der Waals surface area contributed by atoms with Crippen molar-refractivity contribution in [1.82, 2.24) is 10.2 Å². The molecule has 0 radical (unpaired) electrons. The van der Waals surface area contributed by atoms with E-state index in [2.05, 4.69) is 48.3 Å². The normalized spacial score (nSPS) is 25.7. The van der Waals surface area contributed by atoms with Gasteiger partial charge in [-0.15, -0.1) is 0 Å². The van der Waals surface area contributed by atoms with Crippen molar-refractivity contribution in [3.63, 3.8) is 0 Å². The topological polar surface area (TPSA) is 32.3 Å². The van der Waals surface area contributed by atoms with Crippen LogP contribution in [-0.2, 0) is 11.3 Å². The number of nitrogens with one attached hydrogen (secondary N) is 1. The number of benzene rings is 1. The molecule has 1 aromatic carbocycles. The van der Waals surface area contributed by atoms with E-state index in [1.54, 1.807) is 0 Å². The SMILES string of the molecule is Cc1cccc(CN(C(=O)C2(C)CCCN2)C2CC2)c1. The number of carbonyl (C=O) groups excluding carboxylic acids is 1. The molecule has 0 bridgehead atoms. The molecule has 108 valence electrons. The maximum atomic E-state index is 12.9. The van der Waals surface area contributed by atoms with E-state index in [1.165, 1.54) is 11.1 Å². The molecule has 1 unspecified atom stereocenters. The Bertz CT molecular complexity index is 501. The fraction of sp³-hybridized carbons (Fsp3) is 0.588. The van der Waals surface area contributed by atoms with E-state index < -0.39 is 0 Å². The number of nitrogens with zero attached hydrogens (tertiary/aromatic N) is 1. The zero-order valence-corrected chi connectivity index (χ0v) is 12.5. The lowest BCUT2D eigenvalue weighted by atomic mass is 9.97. The van der Waals surface area contributed by atoms with Gasteiger partial charge in [-0.1, -0.05) is 29.8 Å². The van der Waals surface area contributed by atoms with Crippen LogP contribution >= 0.6 is 0 Å². The Morgan fingerprint density at radius 1 is 1.45 bits per heavy atom. The summed E-state index contributed by atoms with van der Waals surface area (Å²) in [5, 5.41) is 3.40.